The van der Waals surface area contributed by atoms with Crippen LogP contribution in [0.3, 0.4) is 0 Å². The maximum absolute atomic E-state index is 10.7. The smallest absolute Gasteiger partial charge is 0.303 e. The van der Waals surface area contributed by atoms with E-state index in [0.29, 0.717) is 12.1 Å². The molecule has 2 atom stereocenters. The van der Waals surface area contributed by atoms with Crippen molar-refractivity contribution < 1.29 is 9.90 Å². The first-order chi connectivity index (χ1) is 8.27. The van der Waals surface area contributed by atoms with E-state index in [1.165, 1.54) is 0 Å². The molecule has 1 rings (SSSR count). The molecule has 0 aliphatic carbocycles. The minimum Gasteiger partial charge on any atom is -0.481 e. The second-order valence-electron chi connectivity index (χ2n) is 6.20. The summed E-state index contributed by atoms with van der Waals surface area (Å²) in [5.41, 5.74) is 0.116. The van der Waals surface area contributed by atoms with E-state index in [4.69, 9.17) is 5.11 Å². The molecule has 0 radical (unpaired) electrons. The van der Waals surface area contributed by atoms with Crippen LogP contribution in [0.25, 0.3) is 0 Å². The van der Waals surface area contributed by atoms with E-state index in [9.17, 15) is 4.79 Å². The fraction of sp³-hybridized carbons (Fsp3) is 0.929. The van der Waals surface area contributed by atoms with Crippen molar-refractivity contribution in [1.29, 1.82) is 0 Å². The lowest BCUT2D eigenvalue weighted by Crippen LogP contribution is -2.63. The highest BCUT2D eigenvalue weighted by atomic mass is 16.4. The normalized spacial score (nSPS) is 27.1. The van der Waals surface area contributed by atoms with Crippen LogP contribution in [-0.4, -0.2) is 58.6 Å². The van der Waals surface area contributed by atoms with Crippen molar-refractivity contribution in [3.05, 3.63) is 0 Å². The molecule has 0 saturated carbocycles. The molecule has 0 aromatic heterocycles. The number of likely N-dealkylation sites (N-methyl/N-ethyl adjacent to an activating group) is 1. The third kappa shape index (κ3) is 3.69. The summed E-state index contributed by atoms with van der Waals surface area (Å²) >= 11 is 0. The summed E-state index contributed by atoms with van der Waals surface area (Å²) in [4.78, 5) is 15.6. The zero-order valence-electron chi connectivity index (χ0n) is 12.4. The van der Waals surface area contributed by atoms with Gasteiger partial charge in [0.05, 0.1) is 0 Å². The Morgan fingerprint density at radius 1 is 1.50 bits per heavy atom. The lowest BCUT2D eigenvalue weighted by Gasteiger charge is -2.52. The molecule has 0 aromatic carbocycles. The minimum absolute atomic E-state index is 0.116. The molecule has 1 fully saturated rings. The van der Waals surface area contributed by atoms with Crippen molar-refractivity contribution in [3.8, 4) is 0 Å². The van der Waals surface area contributed by atoms with E-state index >= 15 is 0 Å². The van der Waals surface area contributed by atoms with Gasteiger partial charge in [0, 0.05) is 37.1 Å². The molecule has 1 saturated heterocycles. The van der Waals surface area contributed by atoms with Gasteiger partial charge in [-0.3, -0.25) is 14.6 Å². The first kappa shape index (κ1) is 15.4. The molecule has 1 N–H and O–H groups in total. The number of carboxylic acid groups (broad SMARTS) is 1. The van der Waals surface area contributed by atoms with Crippen LogP contribution < -0.4 is 0 Å². The summed E-state index contributed by atoms with van der Waals surface area (Å²) in [7, 11) is 2.13. The summed E-state index contributed by atoms with van der Waals surface area (Å²) in [6, 6.07) is 0.921. The molecule has 0 amide bonds. The number of aliphatic carboxylic acids is 1. The molecule has 1 heterocycles. The van der Waals surface area contributed by atoms with Crippen LogP contribution in [0.15, 0.2) is 0 Å². The monoisotopic (exact) mass is 256 g/mol. The van der Waals surface area contributed by atoms with Gasteiger partial charge in [-0.05, 0) is 40.7 Å². The number of piperazine rings is 1. The number of carboxylic acids is 1. The molecular formula is C14H28N2O2. The second kappa shape index (κ2) is 6.02. The standard InChI is InChI=1S/C14H28N2O2/c1-6-11(2)16-9-12(7-8-13(17)18)15(5)14(3,4)10-16/h11-12H,6-10H2,1-5H3,(H,17,18). The molecule has 4 nitrogen and oxygen atoms in total. The maximum Gasteiger partial charge on any atom is 0.303 e. The predicted molar refractivity (Wildman–Crippen MR) is 73.8 cm³/mol. The average Bonchev–Trinajstić information content (AvgIpc) is 2.29. The van der Waals surface area contributed by atoms with E-state index in [0.717, 1.165) is 25.9 Å². The molecule has 0 spiro atoms. The highest BCUT2D eigenvalue weighted by Crippen LogP contribution is 2.27. The number of hydrogen-bond acceptors (Lipinski definition) is 3. The van der Waals surface area contributed by atoms with E-state index in [1.807, 2.05) is 0 Å². The number of rotatable bonds is 5. The number of nitrogens with zero attached hydrogens (tertiary/aromatic N) is 2. The molecule has 0 bridgehead atoms. The molecule has 0 aromatic rings. The average molecular weight is 256 g/mol. The van der Waals surface area contributed by atoms with Crippen LogP contribution in [0.2, 0.25) is 0 Å². The van der Waals surface area contributed by atoms with Gasteiger partial charge in [-0.15, -0.1) is 0 Å². The third-order valence-electron chi connectivity index (χ3n) is 4.44. The van der Waals surface area contributed by atoms with Gasteiger partial charge in [-0.25, -0.2) is 0 Å². The first-order valence-electron chi connectivity index (χ1n) is 6.96. The number of hydrogen-bond donors (Lipinski definition) is 1. The molecule has 4 heteroatoms. The first-order valence-corrected chi connectivity index (χ1v) is 6.96. The molecule has 1 aliphatic rings. The van der Waals surface area contributed by atoms with E-state index in [2.05, 4.69) is 44.5 Å². The topological polar surface area (TPSA) is 43.8 Å². The Labute approximate surface area is 111 Å². The van der Waals surface area contributed by atoms with Crippen molar-refractivity contribution in [2.75, 3.05) is 20.1 Å². The van der Waals surface area contributed by atoms with Crippen molar-refractivity contribution in [1.82, 2.24) is 9.80 Å². The number of carbonyl (C=O) groups is 1. The van der Waals surface area contributed by atoms with E-state index < -0.39 is 5.97 Å². The van der Waals surface area contributed by atoms with Crippen LogP contribution in [0.1, 0.15) is 47.0 Å². The lowest BCUT2D eigenvalue weighted by molar-refractivity contribution is -0.137. The Morgan fingerprint density at radius 3 is 2.61 bits per heavy atom. The Kier molecular flexibility index (Phi) is 5.17. The zero-order valence-corrected chi connectivity index (χ0v) is 12.4. The van der Waals surface area contributed by atoms with Gasteiger partial charge in [0.15, 0.2) is 0 Å². The van der Waals surface area contributed by atoms with Crippen LogP contribution in [0, 0.1) is 0 Å². The summed E-state index contributed by atoms with van der Waals surface area (Å²) in [6.45, 7) is 11.0. The zero-order chi connectivity index (χ0) is 13.9. The van der Waals surface area contributed by atoms with Gasteiger partial charge in [0.25, 0.3) is 0 Å². The molecule has 18 heavy (non-hydrogen) atoms. The fourth-order valence-electron chi connectivity index (χ4n) is 2.73. The largest absolute Gasteiger partial charge is 0.481 e. The Hall–Kier alpha value is -0.610. The maximum atomic E-state index is 10.7. The van der Waals surface area contributed by atoms with Crippen molar-refractivity contribution >= 4 is 5.97 Å². The molecule has 106 valence electrons. The lowest BCUT2D eigenvalue weighted by atomic mass is 9.92. The SMILES string of the molecule is CCC(C)N1CC(CCC(=O)O)N(C)C(C)(C)C1. The Morgan fingerprint density at radius 2 is 2.11 bits per heavy atom. The fourth-order valence-corrected chi connectivity index (χ4v) is 2.73. The van der Waals surface area contributed by atoms with Crippen LogP contribution in [-0.2, 0) is 4.79 Å². The summed E-state index contributed by atoms with van der Waals surface area (Å²) in [5.74, 6) is -0.693. The van der Waals surface area contributed by atoms with Gasteiger partial charge in [-0.2, -0.15) is 0 Å². The molecular weight excluding hydrogens is 228 g/mol. The van der Waals surface area contributed by atoms with E-state index in [-0.39, 0.29) is 12.0 Å². The quantitative estimate of drug-likeness (QED) is 0.817. The third-order valence-corrected chi connectivity index (χ3v) is 4.44. The second-order valence-corrected chi connectivity index (χ2v) is 6.20. The highest BCUT2D eigenvalue weighted by molar-refractivity contribution is 5.66. The molecule has 1 aliphatic heterocycles. The van der Waals surface area contributed by atoms with Crippen LogP contribution in [0.4, 0.5) is 0 Å². The van der Waals surface area contributed by atoms with Crippen LogP contribution >= 0.6 is 0 Å². The van der Waals surface area contributed by atoms with Crippen LogP contribution in [0.5, 0.6) is 0 Å². The highest BCUT2D eigenvalue weighted by Gasteiger charge is 2.38. The summed E-state index contributed by atoms with van der Waals surface area (Å²) in [5, 5.41) is 8.85. The van der Waals surface area contributed by atoms with Gasteiger partial charge in [-0.1, -0.05) is 6.92 Å². The predicted octanol–water partition coefficient (Wildman–Crippen LogP) is 2.04. The minimum atomic E-state index is -0.693. The van der Waals surface area contributed by atoms with Gasteiger partial charge in [0.1, 0.15) is 0 Å². The molecule has 2 unspecified atom stereocenters. The van der Waals surface area contributed by atoms with E-state index in [1.54, 1.807) is 0 Å². The van der Waals surface area contributed by atoms with Gasteiger partial charge in [0.2, 0.25) is 0 Å². The summed E-state index contributed by atoms with van der Waals surface area (Å²) < 4.78 is 0. The Bertz CT molecular complexity index is 292. The van der Waals surface area contributed by atoms with Gasteiger partial charge < -0.3 is 5.11 Å². The van der Waals surface area contributed by atoms with Gasteiger partial charge >= 0.3 is 5.97 Å². The summed E-state index contributed by atoms with van der Waals surface area (Å²) in [6.07, 6.45) is 2.15. The van der Waals surface area contributed by atoms with Crippen molar-refractivity contribution in [2.45, 2.75) is 64.6 Å². The van der Waals surface area contributed by atoms with Crippen molar-refractivity contribution in [3.63, 3.8) is 0 Å². The Balaban J connectivity index is 2.72. The van der Waals surface area contributed by atoms with Crippen molar-refractivity contribution in [2.24, 2.45) is 0 Å².